The van der Waals surface area contributed by atoms with Crippen molar-refractivity contribution in [3.63, 3.8) is 0 Å². The van der Waals surface area contributed by atoms with Crippen molar-refractivity contribution in [1.29, 1.82) is 0 Å². The van der Waals surface area contributed by atoms with E-state index in [4.69, 9.17) is 14.2 Å². The summed E-state index contributed by atoms with van der Waals surface area (Å²) in [6.45, 7) is 2.87. The molecule has 0 aromatic heterocycles. The van der Waals surface area contributed by atoms with Crippen LogP contribution >= 0.6 is 0 Å². The van der Waals surface area contributed by atoms with Gasteiger partial charge in [-0.25, -0.2) is 0 Å². The third-order valence-corrected chi connectivity index (χ3v) is 4.87. The highest BCUT2D eigenvalue weighted by Crippen LogP contribution is 2.26. The Bertz CT molecular complexity index is 312. The van der Waals surface area contributed by atoms with Crippen LogP contribution in [-0.4, -0.2) is 54.1 Å². The summed E-state index contributed by atoms with van der Waals surface area (Å²) in [6.07, 6.45) is 10.1. The average Bonchev–Trinajstić information content (AvgIpc) is 3.13. The molecule has 136 valence electrons. The molecule has 2 N–H and O–H groups in total. The maximum atomic E-state index is 9.84. The highest BCUT2D eigenvalue weighted by Gasteiger charge is 2.43. The van der Waals surface area contributed by atoms with Gasteiger partial charge < -0.3 is 24.4 Å². The lowest BCUT2D eigenvalue weighted by atomic mass is 10.1. The second-order valence-corrected chi connectivity index (χ2v) is 6.91. The Labute approximate surface area is 140 Å². The molecular weight excluding hydrogens is 296 g/mol. The Morgan fingerprint density at radius 3 is 2.09 bits per heavy atom. The van der Waals surface area contributed by atoms with Crippen LogP contribution in [0.25, 0.3) is 0 Å². The van der Waals surface area contributed by atoms with E-state index in [1.165, 1.54) is 51.4 Å². The number of aliphatic hydroxyl groups is 2. The van der Waals surface area contributed by atoms with Crippen molar-refractivity contribution >= 4 is 0 Å². The maximum Gasteiger partial charge on any atom is 0.158 e. The molecule has 2 rings (SSSR count). The number of hydrogen-bond acceptors (Lipinski definition) is 5. The van der Waals surface area contributed by atoms with Gasteiger partial charge in [0, 0.05) is 0 Å². The van der Waals surface area contributed by atoms with E-state index in [2.05, 4.69) is 6.92 Å². The van der Waals surface area contributed by atoms with Crippen LogP contribution in [0.4, 0.5) is 0 Å². The summed E-state index contributed by atoms with van der Waals surface area (Å²) in [7, 11) is 0. The summed E-state index contributed by atoms with van der Waals surface area (Å²) < 4.78 is 16.9. The summed E-state index contributed by atoms with van der Waals surface area (Å²) in [5.41, 5.74) is 0. The Morgan fingerprint density at radius 2 is 1.48 bits per heavy atom. The first-order chi connectivity index (χ1) is 11.2. The van der Waals surface area contributed by atoms with Crippen LogP contribution in [0.5, 0.6) is 0 Å². The minimum Gasteiger partial charge on any atom is -0.388 e. The molecule has 0 amide bonds. The molecule has 23 heavy (non-hydrogen) atoms. The van der Waals surface area contributed by atoms with Crippen LogP contribution in [0.15, 0.2) is 0 Å². The summed E-state index contributed by atoms with van der Waals surface area (Å²) in [6, 6.07) is 0. The van der Waals surface area contributed by atoms with Crippen molar-refractivity contribution in [2.45, 2.75) is 102 Å². The number of hydrogen-bond donors (Lipinski definition) is 2. The quantitative estimate of drug-likeness (QED) is 0.570. The number of ether oxygens (including phenoxy) is 3. The molecular formula is C18H34O5. The largest absolute Gasteiger partial charge is 0.388 e. The molecule has 2 fully saturated rings. The molecule has 2 saturated heterocycles. The van der Waals surface area contributed by atoms with Crippen LogP contribution in [-0.2, 0) is 14.2 Å². The molecule has 0 aliphatic carbocycles. The topological polar surface area (TPSA) is 68.2 Å². The van der Waals surface area contributed by atoms with E-state index in [-0.39, 0.29) is 19.0 Å². The highest BCUT2D eigenvalue weighted by molar-refractivity contribution is 4.90. The van der Waals surface area contributed by atoms with Crippen LogP contribution in [0, 0.1) is 0 Å². The van der Waals surface area contributed by atoms with Crippen LogP contribution in [0.2, 0.25) is 0 Å². The van der Waals surface area contributed by atoms with E-state index in [1.807, 2.05) is 0 Å². The first-order valence-electron chi connectivity index (χ1n) is 9.47. The molecule has 2 aliphatic heterocycles. The van der Waals surface area contributed by atoms with E-state index in [0.717, 1.165) is 12.8 Å². The molecule has 5 atom stereocenters. The van der Waals surface area contributed by atoms with Gasteiger partial charge in [0.25, 0.3) is 0 Å². The van der Waals surface area contributed by atoms with E-state index in [9.17, 15) is 10.2 Å². The van der Waals surface area contributed by atoms with Gasteiger partial charge in [0.05, 0.1) is 13.2 Å². The first-order valence-corrected chi connectivity index (χ1v) is 9.47. The van der Waals surface area contributed by atoms with E-state index in [1.54, 1.807) is 0 Å². The highest BCUT2D eigenvalue weighted by atomic mass is 16.7. The summed E-state index contributed by atoms with van der Waals surface area (Å²) >= 11 is 0. The van der Waals surface area contributed by atoms with Crippen LogP contribution in [0.3, 0.4) is 0 Å². The standard InChI is InChI=1S/C18H34O5/c1-2-3-4-5-6-7-8-9-10-11-16-21-13-15(23-16)18-17(20)14(19)12-22-18/h14-20H,2-13H2,1H3/t14-,15+,16?,17+,18+/m0/s1. The first kappa shape index (κ1) is 19.1. The van der Waals surface area contributed by atoms with Crippen LogP contribution in [0.1, 0.15) is 71.1 Å². The normalized spacial score (nSPS) is 34.3. The zero-order valence-electron chi connectivity index (χ0n) is 14.5. The van der Waals surface area contributed by atoms with Crippen molar-refractivity contribution in [3.05, 3.63) is 0 Å². The van der Waals surface area contributed by atoms with Crippen molar-refractivity contribution in [2.75, 3.05) is 13.2 Å². The fraction of sp³-hybridized carbons (Fsp3) is 1.00. The van der Waals surface area contributed by atoms with Gasteiger partial charge in [-0.05, 0) is 12.8 Å². The van der Waals surface area contributed by atoms with Gasteiger partial charge in [-0.15, -0.1) is 0 Å². The van der Waals surface area contributed by atoms with Gasteiger partial charge in [-0.2, -0.15) is 0 Å². The van der Waals surface area contributed by atoms with Crippen molar-refractivity contribution < 1.29 is 24.4 Å². The predicted molar refractivity (Wildman–Crippen MR) is 88.2 cm³/mol. The fourth-order valence-electron chi connectivity index (χ4n) is 3.37. The molecule has 2 aliphatic rings. The SMILES string of the molecule is CCCCCCCCCCCC1OC[C@H]([C@H]2OC[C@H](O)[C@H]2O)O1. The molecule has 0 bridgehead atoms. The Kier molecular flexibility index (Phi) is 8.83. The third-order valence-electron chi connectivity index (χ3n) is 4.87. The Balaban J connectivity index is 1.47. The lowest BCUT2D eigenvalue weighted by Crippen LogP contribution is -2.39. The minimum atomic E-state index is -0.866. The molecule has 2 heterocycles. The summed E-state index contributed by atoms with van der Waals surface area (Å²) in [4.78, 5) is 0. The molecule has 0 saturated carbocycles. The van der Waals surface area contributed by atoms with Gasteiger partial charge in [0.2, 0.25) is 0 Å². The van der Waals surface area contributed by atoms with Gasteiger partial charge in [0.15, 0.2) is 6.29 Å². The molecule has 5 nitrogen and oxygen atoms in total. The molecule has 0 aromatic carbocycles. The molecule has 1 unspecified atom stereocenters. The lowest BCUT2D eigenvalue weighted by Gasteiger charge is -2.20. The van der Waals surface area contributed by atoms with Gasteiger partial charge in [-0.3, -0.25) is 0 Å². The van der Waals surface area contributed by atoms with Crippen molar-refractivity contribution in [2.24, 2.45) is 0 Å². The number of aliphatic hydroxyl groups excluding tert-OH is 2. The van der Waals surface area contributed by atoms with Crippen molar-refractivity contribution in [3.8, 4) is 0 Å². The summed E-state index contributed by atoms with van der Waals surface area (Å²) in [5.74, 6) is 0. The van der Waals surface area contributed by atoms with E-state index < -0.39 is 18.3 Å². The molecule has 5 heteroatoms. The third kappa shape index (κ3) is 6.31. The second kappa shape index (κ2) is 10.6. The van der Waals surface area contributed by atoms with Crippen molar-refractivity contribution in [1.82, 2.24) is 0 Å². The fourth-order valence-corrected chi connectivity index (χ4v) is 3.37. The second-order valence-electron chi connectivity index (χ2n) is 6.91. The van der Waals surface area contributed by atoms with Gasteiger partial charge >= 0.3 is 0 Å². The Morgan fingerprint density at radius 1 is 0.826 bits per heavy atom. The molecule has 0 aromatic rings. The zero-order valence-corrected chi connectivity index (χ0v) is 14.5. The molecule has 0 spiro atoms. The maximum absolute atomic E-state index is 9.84. The zero-order chi connectivity index (χ0) is 16.5. The van der Waals surface area contributed by atoms with Gasteiger partial charge in [-0.1, -0.05) is 58.3 Å². The number of unbranched alkanes of at least 4 members (excludes halogenated alkanes) is 8. The average molecular weight is 330 g/mol. The van der Waals surface area contributed by atoms with E-state index >= 15 is 0 Å². The smallest absolute Gasteiger partial charge is 0.158 e. The van der Waals surface area contributed by atoms with Gasteiger partial charge in [0.1, 0.15) is 24.4 Å². The minimum absolute atomic E-state index is 0.175. The number of rotatable bonds is 11. The lowest BCUT2D eigenvalue weighted by molar-refractivity contribution is -0.103. The predicted octanol–water partition coefficient (Wildman–Crippen LogP) is 2.77. The Hall–Kier alpha value is -0.200. The van der Waals surface area contributed by atoms with Crippen LogP contribution < -0.4 is 0 Å². The van der Waals surface area contributed by atoms with E-state index in [0.29, 0.717) is 6.61 Å². The monoisotopic (exact) mass is 330 g/mol. The summed E-state index contributed by atoms with van der Waals surface area (Å²) in [5, 5.41) is 19.4. The molecule has 0 radical (unpaired) electrons.